The maximum absolute atomic E-state index is 13.0. The number of carboxylic acid groups (broad SMARTS) is 1. The van der Waals surface area contributed by atoms with Crippen LogP contribution in [-0.2, 0) is 21.0 Å². The van der Waals surface area contributed by atoms with Gasteiger partial charge in [0.1, 0.15) is 10.9 Å². The maximum Gasteiger partial charge on any atom is 0.417 e. The van der Waals surface area contributed by atoms with Gasteiger partial charge < -0.3 is 5.11 Å². The number of hydrogen-bond donors (Lipinski definition) is 1. The third-order valence-corrected chi connectivity index (χ3v) is 5.77. The summed E-state index contributed by atoms with van der Waals surface area (Å²) in [6.45, 7) is -0.165. The van der Waals surface area contributed by atoms with Gasteiger partial charge in [0.15, 0.2) is 0 Å². The van der Waals surface area contributed by atoms with E-state index in [1.54, 1.807) is 0 Å². The summed E-state index contributed by atoms with van der Waals surface area (Å²) in [4.78, 5) is 10.00. The van der Waals surface area contributed by atoms with E-state index in [4.69, 9.17) is 16.7 Å². The number of nitrogens with zero attached hydrogens (tertiary/aromatic N) is 1. The molecule has 0 amide bonds. The Labute approximate surface area is 129 Å². The molecule has 0 aliphatic carbocycles. The molecular weight excluding hydrogens is 347 g/mol. The van der Waals surface area contributed by atoms with E-state index in [0.29, 0.717) is 10.4 Å². The van der Waals surface area contributed by atoms with Gasteiger partial charge in [0.2, 0.25) is 10.0 Å². The van der Waals surface area contributed by atoms with Crippen molar-refractivity contribution in [2.45, 2.75) is 30.0 Å². The number of aliphatic carboxylic acids is 1. The van der Waals surface area contributed by atoms with Gasteiger partial charge in [-0.1, -0.05) is 17.7 Å². The van der Waals surface area contributed by atoms with E-state index in [0.717, 1.165) is 12.1 Å². The third-order valence-electron chi connectivity index (χ3n) is 3.33. The highest BCUT2D eigenvalue weighted by molar-refractivity contribution is 7.89. The first kappa shape index (κ1) is 17.0. The zero-order chi connectivity index (χ0) is 16.7. The molecule has 0 unspecified atom stereocenters. The lowest BCUT2D eigenvalue weighted by molar-refractivity contribution is -0.140. The molecule has 1 aliphatic rings. The largest absolute Gasteiger partial charge is 0.480 e. The number of rotatable bonds is 3. The van der Waals surface area contributed by atoms with E-state index in [1.807, 2.05) is 0 Å². The fourth-order valence-corrected chi connectivity index (χ4v) is 4.76. The molecule has 0 saturated carbocycles. The number of sulfonamides is 1. The van der Waals surface area contributed by atoms with E-state index in [9.17, 15) is 26.4 Å². The van der Waals surface area contributed by atoms with Gasteiger partial charge in [0.05, 0.1) is 10.6 Å². The fraction of sp³-hybridized carbons (Fsp3) is 0.417. The summed E-state index contributed by atoms with van der Waals surface area (Å²) in [6.07, 6.45) is -4.63. The first-order chi connectivity index (χ1) is 10.1. The molecule has 0 bridgehead atoms. The lowest BCUT2D eigenvalue weighted by Crippen LogP contribution is -2.41. The average molecular weight is 358 g/mol. The molecule has 1 aliphatic heterocycles. The predicted molar refractivity (Wildman–Crippen MR) is 71.0 cm³/mol. The molecular formula is C12H11ClF3NO4S. The van der Waals surface area contributed by atoms with Crippen molar-refractivity contribution in [3.05, 3.63) is 28.8 Å². The Bertz CT molecular complexity index is 705. The quantitative estimate of drug-likeness (QED) is 0.902. The van der Waals surface area contributed by atoms with Crippen LogP contribution in [0.3, 0.4) is 0 Å². The highest BCUT2D eigenvalue weighted by atomic mass is 35.5. The van der Waals surface area contributed by atoms with Gasteiger partial charge in [-0.2, -0.15) is 17.5 Å². The Balaban J connectivity index is 2.62. The van der Waals surface area contributed by atoms with Crippen LogP contribution >= 0.6 is 11.6 Å². The SMILES string of the molecule is O=C(O)[C@@H]1CCCN1S(=O)(=O)c1c(Cl)cccc1C(F)(F)F. The van der Waals surface area contributed by atoms with Gasteiger partial charge in [0, 0.05) is 6.54 Å². The number of halogens is 4. The van der Waals surface area contributed by atoms with Crippen molar-refractivity contribution >= 4 is 27.6 Å². The monoisotopic (exact) mass is 357 g/mol. The van der Waals surface area contributed by atoms with Gasteiger partial charge in [-0.3, -0.25) is 4.79 Å². The molecule has 1 aromatic carbocycles. The van der Waals surface area contributed by atoms with Gasteiger partial charge >= 0.3 is 12.1 Å². The molecule has 1 saturated heterocycles. The van der Waals surface area contributed by atoms with E-state index in [1.165, 1.54) is 0 Å². The smallest absolute Gasteiger partial charge is 0.417 e. The lowest BCUT2D eigenvalue weighted by atomic mass is 10.2. The number of carboxylic acids is 1. The van der Waals surface area contributed by atoms with Crippen LogP contribution in [0, 0.1) is 0 Å². The molecule has 1 heterocycles. The van der Waals surface area contributed by atoms with Crippen molar-refractivity contribution < 1.29 is 31.5 Å². The molecule has 0 spiro atoms. The van der Waals surface area contributed by atoms with Crippen LogP contribution in [0.5, 0.6) is 0 Å². The Hall–Kier alpha value is -1.32. The van der Waals surface area contributed by atoms with E-state index >= 15 is 0 Å². The van der Waals surface area contributed by atoms with E-state index in [-0.39, 0.29) is 19.4 Å². The van der Waals surface area contributed by atoms with Crippen LogP contribution < -0.4 is 0 Å². The first-order valence-electron chi connectivity index (χ1n) is 6.17. The average Bonchev–Trinajstić information content (AvgIpc) is 2.87. The molecule has 2 rings (SSSR count). The Morgan fingerprint density at radius 3 is 2.55 bits per heavy atom. The molecule has 0 radical (unpaired) electrons. The van der Waals surface area contributed by atoms with Crippen LogP contribution in [0.1, 0.15) is 18.4 Å². The van der Waals surface area contributed by atoms with Gasteiger partial charge in [0.25, 0.3) is 0 Å². The fourth-order valence-electron chi connectivity index (χ4n) is 2.39. The minimum absolute atomic E-state index is 0.0420. The molecule has 10 heteroatoms. The van der Waals surface area contributed by atoms with Crippen molar-refractivity contribution in [3.8, 4) is 0 Å². The number of carbonyl (C=O) groups is 1. The Morgan fingerprint density at radius 2 is 2.00 bits per heavy atom. The third kappa shape index (κ3) is 2.92. The van der Waals surface area contributed by atoms with Gasteiger partial charge in [-0.05, 0) is 25.0 Å². The van der Waals surface area contributed by atoms with Crippen molar-refractivity contribution in [2.24, 2.45) is 0 Å². The lowest BCUT2D eigenvalue weighted by Gasteiger charge is -2.23. The molecule has 122 valence electrons. The Morgan fingerprint density at radius 1 is 1.36 bits per heavy atom. The molecule has 1 aromatic rings. The van der Waals surface area contributed by atoms with E-state index in [2.05, 4.69) is 0 Å². The second kappa shape index (κ2) is 5.71. The minimum Gasteiger partial charge on any atom is -0.480 e. The number of hydrogen-bond acceptors (Lipinski definition) is 3. The van der Waals surface area contributed by atoms with Crippen molar-refractivity contribution in [1.29, 1.82) is 0 Å². The van der Waals surface area contributed by atoms with E-state index < -0.39 is 43.7 Å². The standard InChI is InChI=1S/C12H11ClF3NO4S/c13-8-4-1-3-7(12(14,15)16)10(8)22(20,21)17-6-2-5-9(17)11(18)19/h1,3-4,9H,2,5-6H2,(H,18,19)/t9-/m0/s1. The zero-order valence-electron chi connectivity index (χ0n) is 11.0. The topological polar surface area (TPSA) is 74.7 Å². The number of benzene rings is 1. The minimum atomic E-state index is -4.92. The molecule has 22 heavy (non-hydrogen) atoms. The highest BCUT2D eigenvalue weighted by Crippen LogP contribution is 2.40. The van der Waals surface area contributed by atoms with Gasteiger partial charge in [-0.25, -0.2) is 8.42 Å². The molecule has 1 N–H and O–H groups in total. The summed E-state index contributed by atoms with van der Waals surface area (Å²) in [5, 5.41) is 8.44. The molecule has 1 atom stereocenters. The van der Waals surface area contributed by atoms with Crippen molar-refractivity contribution in [3.63, 3.8) is 0 Å². The van der Waals surface area contributed by atoms with Crippen LogP contribution in [0.25, 0.3) is 0 Å². The maximum atomic E-state index is 13.0. The second-order valence-corrected chi connectivity index (χ2v) is 6.96. The first-order valence-corrected chi connectivity index (χ1v) is 7.99. The van der Waals surface area contributed by atoms with Crippen LogP contribution in [0.15, 0.2) is 23.1 Å². The van der Waals surface area contributed by atoms with Crippen LogP contribution in [-0.4, -0.2) is 36.4 Å². The normalized spacial score (nSPS) is 20.3. The zero-order valence-corrected chi connectivity index (χ0v) is 12.5. The van der Waals surface area contributed by atoms with Crippen molar-refractivity contribution in [1.82, 2.24) is 4.31 Å². The molecule has 5 nitrogen and oxygen atoms in total. The summed E-state index contributed by atoms with van der Waals surface area (Å²) >= 11 is 5.67. The summed E-state index contributed by atoms with van der Waals surface area (Å²) in [5.74, 6) is -1.40. The van der Waals surface area contributed by atoms with Gasteiger partial charge in [-0.15, -0.1) is 0 Å². The van der Waals surface area contributed by atoms with Crippen LogP contribution in [0.2, 0.25) is 5.02 Å². The summed E-state index contributed by atoms with van der Waals surface area (Å²) in [5.41, 5.74) is -1.41. The highest BCUT2D eigenvalue weighted by Gasteiger charge is 2.45. The molecule has 0 aromatic heterocycles. The summed E-state index contributed by atoms with van der Waals surface area (Å²) < 4.78 is 64.7. The number of alkyl halides is 3. The second-order valence-electron chi connectivity index (χ2n) is 4.73. The molecule has 1 fully saturated rings. The Kier molecular flexibility index (Phi) is 4.42. The predicted octanol–water partition coefficient (Wildman–Crippen LogP) is 2.60. The summed E-state index contributed by atoms with van der Waals surface area (Å²) in [6, 6.07) is 1.23. The summed E-state index contributed by atoms with van der Waals surface area (Å²) in [7, 11) is -4.68. The van der Waals surface area contributed by atoms with Crippen LogP contribution in [0.4, 0.5) is 13.2 Å². The van der Waals surface area contributed by atoms with Crippen molar-refractivity contribution in [2.75, 3.05) is 6.54 Å².